The molecule has 0 spiro atoms. The maximum absolute atomic E-state index is 5.63. The quantitative estimate of drug-likeness (QED) is 0.441. The molecule has 0 amide bonds. The Morgan fingerprint density at radius 3 is 2.43 bits per heavy atom. The fourth-order valence-corrected chi connectivity index (χ4v) is 3.68. The summed E-state index contributed by atoms with van der Waals surface area (Å²) in [7, 11) is 3.42. The first-order valence-corrected chi connectivity index (χ1v) is 10.1. The van der Waals surface area contributed by atoms with Crippen molar-refractivity contribution in [3.05, 3.63) is 72.0 Å². The number of allylic oxidation sites excluding steroid dienone is 3. The lowest BCUT2D eigenvalue weighted by molar-refractivity contribution is 0.250. The monoisotopic (exact) mass is 376 g/mol. The second-order valence-corrected chi connectivity index (χ2v) is 7.47. The summed E-state index contributed by atoms with van der Waals surface area (Å²) in [5, 5.41) is 0. The maximum Gasteiger partial charge on any atom is 0.209 e. The van der Waals surface area contributed by atoms with E-state index in [9.17, 15) is 0 Å². The Labute approximate surface area is 171 Å². The lowest BCUT2D eigenvalue weighted by Gasteiger charge is -2.21. The highest BCUT2D eigenvalue weighted by Gasteiger charge is 2.22. The molecule has 0 heterocycles. The molecule has 0 bridgehead atoms. The van der Waals surface area contributed by atoms with Crippen molar-refractivity contribution in [1.82, 2.24) is 0 Å². The molecule has 28 heavy (non-hydrogen) atoms. The van der Waals surface area contributed by atoms with Gasteiger partial charge in [-0.05, 0) is 43.0 Å². The zero-order chi connectivity index (χ0) is 20.7. The Morgan fingerprint density at radius 2 is 1.86 bits per heavy atom. The van der Waals surface area contributed by atoms with E-state index in [1.807, 2.05) is 0 Å². The zero-order valence-electron chi connectivity index (χ0n) is 18.2. The molecule has 0 fully saturated rings. The van der Waals surface area contributed by atoms with Gasteiger partial charge in [0.2, 0.25) is 6.71 Å². The van der Waals surface area contributed by atoms with Crippen molar-refractivity contribution in [2.24, 2.45) is 5.92 Å². The van der Waals surface area contributed by atoms with E-state index >= 15 is 0 Å². The van der Waals surface area contributed by atoms with Crippen LogP contribution in [0.1, 0.15) is 38.3 Å². The molecule has 148 valence electrons. The highest BCUT2D eigenvalue weighted by atomic mass is 16.5. The Balaban J connectivity index is 2.51. The molecule has 0 radical (unpaired) electrons. The topological polar surface area (TPSA) is 18.5 Å². The van der Waals surface area contributed by atoms with Crippen LogP contribution < -0.4 is 15.7 Å². The summed E-state index contributed by atoms with van der Waals surface area (Å²) in [4.78, 5) is 0. The Kier molecular flexibility index (Phi) is 7.98. The van der Waals surface area contributed by atoms with Gasteiger partial charge in [0.05, 0.1) is 20.0 Å². The van der Waals surface area contributed by atoms with Crippen LogP contribution in [0.25, 0.3) is 5.57 Å². The summed E-state index contributed by atoms with van der Waals surface area (Å²) in [5.74, 6) is 2.04. The fourth-order valence-electron chi connectivity index (χ4n) is 3.68. The number of ether oxygens (including phenoxy) is 2. The first-order valence-electron chi connectivity index (χ1n) is 10.1. The van der Waals surface area contributed by atoms with Crippen molar-refractivity contribution in [1.29, 1.82) is 0 Å². The molecule has 0 aliphatic rings. The molecule has 0 saturated heterocycles. The normalized spacial score (nSPS) is 12.4. The van der Waals surface area contributed by atoms with Crippen molar-refractivity contribution >= 4 is 23.2 Å². The first kappa shape index (κ1) is 21.9. The predicted molar refractivity (Wildman–Crippen MR) is 123 cm³/mol. The van der Waals surface area contributed by atoms with E-state index in [1.54, 1.807) is 14.2 Å². The van der Waals surface area contributed by atoms with Gasteiger partial charge in [-0.3, -0.25) is 0 Å². The molecule has 1 unspecified atom stereocenters. The van der Waals surface area contributed by atoms with Gasteiger partial charge < -0.3 is 9.47 Å². The molecular formula is C25H33BO2. The van der Waals surface area contributed by atoms with Gasteiger partial charge in [-0.1, -0.05) is 80.1 Å². The smallest absolute Gasteiger partial charge is 0.209 e. The Bertz CT molecular complexity index is 824. The maximum atomic E-state index is 5.63. The molecule has 0 aromatic heterocycles. The number of rotatable bonds is 9. The SMILES string of the molecule is C=C(OC)C(C)C/C=C(\C)c1cc(OC)c(C)cc1B(CC)c1ccccc1. The minimum atomic E-state index is 0.284. The van der Waals surface area contributed by atoms with Crippen LogP contribution in [0.2, 0.25) is 6.32 Å². The summed E-state index contributed by atoms with van der Waals surface area (Å²) in [6.45, 7) is 13.1. The molecule has 3 heteroatoms. The highest BCUT2D eigenvalue weighted by Crippen LogP contribution is 2.25. The highest BCUT2D eigenvalue weighted by molar-refractivity contribution is 6.85. The minimum Gasteiger partial charge on any atom is -0.501 e. The zero-order valence-corrected chi connectivity index (χ0v) is 18.2. The van der Waals surface area contributed by atoms with Crippen LogP contribution in [0.15, 0.2) is 60.9 Å². The molecular weight excluding hydrogens is 343 g/mol. The molecule has 1 atom stereocenters. The third kappa shape index (κ3) is 5.10. The van der Waals surface area contributed by atoms with E-state index < -0.39 is 0 Å². The second kappa shape index (κ2) is 10.2. The molecule has 0 aliphatic heterocycles. The van der Waals surface area contributed by atoms with E-state index in [-0.39, 0.29) is 5.92 Å². The molecule has 0 saturated carbocycles. The summed E-state index contributed by atoms with van der Waals surface area (Å²) >= 11 is 0. The van der Waals surface area contributed by atoms with Crippen molar-refractivity contribution in [3.8, 4) is 5.75 Å². The molecule has 2 rings (SSSR count). The van der Waals surface area contributed by atoms with Crippen LogP contribution >= 0.6 is 0 Å². The fraction of sp³-hybridized carbons (Fsp3) is 0.360. The average molecular weight is 376 g/mol. The van der Waals surface area contributed by atoms with Gasteiger partial charge >= 0.3 is 0 Å². The van der Waals surface area contributed by atoms with Crippen molar-refractivity contribution in [2.45, 2.75) is 40.4 Å². The van der Waals surface area contributed by atoms with E-state index in [1.165, 1.54) is 27.6 Å². The Morgan fingerprint density at radius 1 is 1.18 bits per heavy atom. The Hall–Kier alpha value is -2.42. The van der Waals surface area contributed by atoms with Crippen LogP contribution in [0.5, 0.6) is 5.75 Å². The van der Waals surface area contributed by atoms with Gasteiger partial charge in [0.15, 0.2) is 0 Å². The molecule has 2 aromatic rings. The minimum absolute atomic E-state index is 0.284. The molecule has 2 aromatic carbocycles. The van der Waals surface area contributed by atoms with Crippen molar-refractivity contribution in [3.63, 3.8) is 0 Å². The largest absolute Gasteiger partial charge is 0.501 e. The third-order valence-corrected chi connectivity index (χ3v) is 5.57. The van der Waals surface area contributed by atoms with Crippen LogP contribution in [-0.2, 0) is 4.74 Å². The van der Waals surface area contributed by atoms with Crippen LogP contribution in [0, 0.1) is 12.8 Å². The molecule has 2 nitrogen and oxygen atoms in total. The van der Waals surface area contributed by atoms with Crippen LogP contribution in [0.3, 0.4) is 0 Å². The van der Waals surface area contributed by atoms with E-state index in [0.29, 0.717) is 6.71 Å². The van der Waals surface area contributed by atoms with E-state index in [0.717, 1.165) is 24.2 Å². The van der Waals surface area contributed by atoms with Crippen molar-refractivity contribution in [2.75, 3.05) is 14.2 Å². The third-order valence-electron chi connectivity index (χ3n) is 5.57. The van der Waals surface area contributed by atoms with Gasteiger partial charge in [0, 0.05) is 5.92 Å². The summed E-state index contributed by atoms with van der Waals surface area (Å²) in [6.07, 6.45) is 4.24. The van der Waals surface area contributed by atoms with Crippen molar-refractivity contribution < 1.29 is 9.47 Å². The van der Waals surface area contributed by atoms with E-state index in [4.69, 9.17) is 9.47 Å². The summed E-state index contributed by atoms with van der Waals surface area (Å²) in [5.41, 5.74) is 6.40. The number of aryl methyl sites for hydroxylation is 1. The number of benzene rings is 2. The number of hydrogen-bond donors (Lipinski definition) is 0. The van der Waals surface area contributed by atoms with Gasteiger partial charge in [0.25, 0.3) is 0 Å². The van der Waals surface area contributed by atoms with Gasteiger partial charge in [0.1, 0.15) is 5.75 Å². The van der Waals surface area contributed by atoms with Gasteiger partial charge in [-0.15, -0.1) is 0 Å². The van der Waals surface area contributed by atoms with Gasteiger partial charge in [-0.25, -0.2) is 0 Å². The van der Waals surface area contributed by atoms with Crippen LogP contribution in [0.4, 0.5) is 0 Å². The first-order chi connectivity index (χ1) is 13.4. The number of hydrogen-bond acceptors (Lipinski definition) is 2. The standard InChI is InChI=1S/C25H33BO2/c1-8-26(22-12-10-9-11-13-22)24-16-20(4)25(28-7)17-23(24)19(3)15-14-18(2)21(5)27-6/h9-13,15-18H,5,8,14H2,1-4,6-7H3/b19-15+. The molecule has 0 N–H and O–H groups in total. The summed E-state index contributed by atoms with van der Waals surface area (Å²) in [6, 6.07) is 15.2. The molecule has 0 aliphatic carbocycles. The summed E-state index contributed by atoms with van der Waals surface area (Å²) < 4.78 is 10.9. The van der Waals surface area contributed by atoms with E-state index in [2.05, 4.69) is 82.8 Å². The number of methoxy groups -OCH3 is 2. The van der Waals surface area contributed by atoms with Crippen LogP contribution in [-0.4, -0.2) is 20.9 Å². The lowest BCUT2D eigenvalue weighted by Crippen LogP contribution is -2.43. The van der Waals surface area contributed by atoms with Gasteiger partial charge in [-0.2, -0.15) is 0 Å². The predicted octanol–water partition coefficient (Wildman–Crippen LogP) is 5.22. The second-order valence-electron chi connectivity index (χ2n) is 7.47. The lowest BCUT2D eigenvalue weighted by atomic mass is 9.38. The average Bonchev–Trinajstić information content (AvgIpc) is 2.72.